The fourth-order valence-corrected chi connectivity index (χ4v) is 3.42. The summed E-state index contributed by atoms with van der Waals surface area (Å²) in [6.07, 6.45) is -1.34. The Bertz CT molecular complexity index is 1210. The van der Waals surface area contributed by atoms with Gasteiger partial charge in [-0.25, -0.2) is 23.1 Å². The van der Waals surface area contributed by atoms with Crippen LogP contribution in [0.2, 0.25) is 0 Å². The van der Waals surface area contributed by atoms with Crippen molar-refractivity contribution in [3.8, 4) is 5.75 Å². The molecule has 29 heavy (non-hydrogen) atoms. The number of aryl methyl sites for hydroxylation is 1. The zero-order valence-corrected chi connectivity index (χ0v) is 16.0. The van der Waals surface area contributed by atoms with Crippen LogP contribution in [0.3, 0.4) is 0 Å². The zero-order valence-electron chi connectivity index (χ0n) is 16.0. The lowest BCUT2D eigenvalue weighted by atomic mass is 10.0. The van der Waals surface area contributed by atoms with E-state index in [2.05, 4.69) is 15.3 Å². The number of rotatable bonds is 5. The quantitative estimate of drug-likeness (QED) is 0.448. The molecule has 2 aromatic carbocycles. The molecule has 8 heteroatoms. The summed E-state index contributed by atoms with van der Waals surface area (Å²) in [5.74, 6) is 0.531. The molecule has 0 radical (unpaired) electrons. The van der Waals surface area contributed by atoms with Crippen LogP contribution in [-0.4, -0.2) is 17.1 Å². The third-order valence-corrected chi connectivity index (χ3v) is 4.81. The van der Waals surface area contributed by atoms with E-state index >= 15 is 0 Å². The predicted octanol–water partition coefficient (Wildman–Crippen LogP) is 5.94. The molecule has 4 aromatic rings. The number of nitrogens with zero attached hydrogens (tertiary/aromatic N) is 2. The Hall–Kier alpha value is -3.29. The highest BCUT2D eigenvalue weighted by Gasteiger charge is 2.21. The van der Waals surface area contributed by atoms with Gasteiger partial charge < -0.3 is 14.5 Å². The summed E-state index contributed by atoms with van der Waals surface area (Å²) in [5.41, 5.74) is 0.719. The summed E-state index contributed by atoms with van der Waals surface area (Å²) in [7, 11) is 1.53. The maximum atomic E-state index is 14.6. The summed E-state index contributed by atoms with van der Waals surface area (Å²) in [6.45, 7) is 3.42. The highest BCUT2D eigenvalue weighted by atomic mass is 19.3. The fraction of sp³-hybridized carbons (Fsp3) is 0.238. The third-order valence-electron chi connectivity index (χ3n) is 4.81. The van der Waals surface area contributed by atoms with Crippen LogP contribution in [0, 0.1) is 12.7 Å². The number of nitrogens with one attached hydrogen (secondary N) is 1. The molecule has 0 saturated heterocycles. The number of aromatic nitrogens is 2. The first-order valence-corrected chi connectivity index (χ1v) is 8.96. The van der Waals surface area contributed by atoms with Crippen molar-refractivity contribution in [3.05, 3.63) is 59.4 Å². The Morgan fingerprint density at radius 1 is 1.10 bits per heavy atom. The summed E-state index contributed by atoms with van der Waals surface area (Å²) >= 11 is 0. The van der Waals surface area contributed by atoms with Crippen LogP contribution in [0.25, 0.3) is 21.9 Å². The van der Waals surface area contributed by atoms with Crippen molar-refractivity contribution in [2.45, 2.75) is 26.3 Å². The summed E-state index contributed by atoms with van der Waals surface area (Å²) in [5, 5.41) is 4.54. The maximum absolute atomic E-state index is 14.6. The molecule has 0 bridgehead atoms. The number of alkyl halides is 2. The van der Waals surface area contributed by atoms with E-state index in [1.165, 1.54) is 19.2 Å². The Morgan fingerprint density at radius 2 is 1.86 bits per heavy atom. The largest absolute Gasteiger partial charge is 0.493 e. The van der Waals surface area contributed by atoms with Crippen LogP contribution in [0.4, 0.5) is 19.0 Å². The average Bonchev–Trinajstić information content (AvgIpc) is 3.17. The third kappa shape index (κ3) is 3.24. The second-order valence-corrected chi connectivity index (χ2v) is 6.67. The summed E-state index contributed by atoms with van der Waals surface area (Å²) in [6, 6.07) is 6.88. The van der Waals surface area contributed by atoms with Gasteiger partial charge >= 0.3 is 0 Å². The molecule has 0 fully saturated rings. The van der Waals surface area contributed by atoms with E-state index in [-0.39, 0.29) is 5.56 Å². The molecule has 1 N–H and O–H groups in total. The number of halogens is 3. The van der Waals surface area contributed by atoms with Crippen LogP contribution in [0.15, 0.2) is 41.0 Å². The number of hydrogen-bond donors (Lipinski definition) is 1. The molecule has 0 saturated carbocycles. The highest BCUT2D eigenvalue weighted by Crippen LogP contribution is 2.37. The van der Waals surface area contributed by atoms with Crippen LogP contribution in [-0.2, 0) is 0 Å². The van der Waals surface area contributed by atoms with Gasteiger partial charge in [0, 0.05) is 10.9 Å². The van der Waals surface area contributed by atoms with Crippen LogP contribution < -0.4 is 10.1 Å². The fourth-order valence-electron chi connectivity index (χ4n) is 3.42. The molecule has 0 spiro atoms. The Balaban J connectivity index is 1.83. The van der Waals surface area contributed by atoms with Gasteiger partial charge in [0.1, 0.15) is 17.5 Å². The molecule has 0 aliphatic carbocycles. The van der Waals surface area contributed by atoms with Crippen molar-refractivity contribution >= 4 is 27.7 Å². The van der Waals surface area contributed by atoms with E-state index in [0.717, 1.165) is 11.5 Å². The molecular formula is C21H18F3N3O2. The SMILES string of the molecule is COc1cc2c(N[C@H](C)c3cccc(C(F)F)c3F)nc(C)nc2c2ccoc12. The minimum Gasteiger partial charge on any atom is -0.493 e. The van der Waals surface area contributed by atoms with Crippen LogP contribution in [0.5, 0.6) is 5.75 Å². The van der Waals surface area contributed by atoms with Gasteiger partial charge in [0.05, 0.1) is 35.9 Å². The lowest BCUT2D eigenvalue weighted by Gasteiger charge is -2.19. The molecule has 1 atom stereocenters. The van der Waals surface area contributed by atoms with Gasteiger partial charge in [-0.3, -0.25) is 0 Å². The Labute approximate surface area is 164 Å². The van der Waals surface area contributed by atoms with Gasteiger partial charge in [0.25, 0.3) is 6.43 Å². The lowest BCUT2D eigenvalue weighted by Crippen LogP contribution is -2.12. The van der Waals surface area contributed by atoms with Gasteiger partial charge in [-0.2, -0.15) is 0 Å². The zero-order chi connectivity index (χ0) is 20.7. The molecule has 0 aliphatic heterocycles. The van der Waals surface area contributed by atoms with Crippen molar-refractivity contribution in [2.75, 3.05) is 12.4 Å². The van der Waals surface area contributed by atoms with Crippen LogP contribution in [0.1, 0.15) is 36.3 Å². The van der Waals surface area contributed by atoms with Crippen molar-refractivity contribution < 1.29 is 22.3 Å². The first kappa shape index (κ1) is 19.0. The maximum Gasteiger partial charge on any atom is 0.266 e. The molecular weight excluding hydrogens is 383 g/mol. The van der Waals surface area contributed by atoms with E-state index in [1.807, 2.05) is 0 Å². The second-order valence-electron chi connectivity index (χ2n) is 6.67. The smallest absolute Gasteiger partial charge is 0.266 e. The number of ether oxygens (including phenoxy) is 1. The second kappa shape index (κ2) is 7.27. The molecule has 2 aromatic heterocycles. The van der Waals surface area contributed by atoms with E-state index < -0.39 is 23.8 Å². The number of furan rings is 1. The highest BCUT2D eigenvalue weighted by molar-refractivity contribution is 6.09. The lowest BCUT2D eigenvalue weighted by molar-refractivity contribution is 0.146. The molecule has 5 nitrogen and oxygen atoms in total. The standard InChI is InChI=1S/C21H18F3N3O2/c1-10(12-5-4-6-13(17(12)22)20(23)24)25-21-15-9-16(28-3)19-14(7-8-29-19)18(15)26-11(2)27-21/h4-10,20H,1-3H3,(H,25,26,27)/t10-/m1/s1. The topological polar surface area (TPSA) is 60.2 Å². The van der Waals surface area contributed by atoms with E-state index in [9.17, 15) is 13.2 Å². The summed E-state index contributed by atoms with van der Waals surface area (Å²) in [4.78, 5) is 8.95. The molecule has 4 rings (SSSR count). The van der Waals surface area contributed by atoms with Gasteiger partial charge in [0.2, 0.25) is 0 Å². The van der Waals surface area contributed by atoms with Gasteiger partial charge in [-0.05, 0) is 26.0 Å². The van der Waals surface area contributed by atoms with Crippen LogP contribution >= 0.6 is 0 Å². The monoisotopic (exact) mass is 401 g/mol. The van der Waals surface area contributed by atoms with Crippen molar-refractivity contribution in [2.24, 2.45) is 0 Å². The molecule has 150 valence electrons. The molecule has 0 aliphatic rings. The number of fused-ring (bicyclic) bond motifs is 3. The van der Waals surface area contributed by atoms with Crippen molar-refractivity contribution in [1.29, 1.82) is 0 Å². The first-order valence-electron chi connectivity index (χ1n) is 8.96. The Morgan fingerprint density at radius 3 is 2.59 bits per heavy atom. The Kier molecular flexibility index (Phi) is 4.77. The van der Waals surface area contributed by atoms with Crippen molar-refractivity contribution in [3.63, 3.8) is 0 Å². The van der Waals surface area contributed by atoms with E-state index in [0.29, 0.717) is 33.9 Å². The minimum absolute atomic E-state index is 0.128. The van der Waals surface area contributed by atoms with Gasteiger partial charge in [0.15, 0.2) is 11.3 Å². The van der Waals surface area contributed by atoms with Crippen molar-refractivity contribution in [1.82, 2.24) is 9.97 Å². The molecule has 2 heterocycles. The normalized spacial score (nSPS) is 12.7. The number of methoxy groups -OCH3 is 1. The molecule has 0 amide bonds. The summed E-state index contributed by atoms with van der Waals surface area (Å²) < 4.78 is 51.6. The first-order chi connectivity index (χ1) is 13.9. The van der Waals surface area contributed by atoms with Gasteiger partial charge in [-0.1, -0.05) is 18.2 Å². The average molecular weight is 401 g/mol. The minimum atomic E-state index is -2.89. The van der Waals surface area contributed by atoms with E-state index in [1.54, 1.807) is 32.2 Å². The van der Waals surface area contributed by atoms with Gasteiger partial charge in [-0.15, -0.1) is 0 Å². The predicted molar refractivity (Wildman–Crippen MR) is 104 cm³/mol. The number of benzene rings is 2. The molecule has 0 unspecified atom stereocenters. The number of hydrogen-bond acceptors (Lipinski definition) is 5. The number of anilines is 1. The van der Waals surface area contributed by atoms with E-state index in [4.69, 9.17) is 9.15 Å².